The van der Waals surface area contributed by atoms with Gasteiger partial charge in [-0.05, 0) is 19.9 Å². The molecule has 0 radical (unpaired) electrons. The number of fused-ring (bicyclic) bond motifs is 1. The van der Waals surface area contributed by atoms with Crippen LogP contribution in [0.3, 0.4) is 0 Å². The normalized spacial score (nSPS) is 14.8. The average Bonchev–Trinajstić information content (AvgIpc) is 3.15. The lowest BCUT2D eigenvalue weighted by Gasteiger charge is -2.27. The fourth-order valence-electron chi connectivity index (χ4n) is 4.07. The van der Waals surface area contributed by atoms with Crippen LogP contribution in [-0.2, 0) is 9.59 Å². The van der Waals surface area contributed by atoms with E-state index in [1.807, 2.05) is 76.5 Å². The molecule has 29 heavy (non-hydrogen) atoms. The van der Waals surface area contributed by atoms with Gasteiger partial charge in [0.15, 0.2) is 5.70 Å². The first-order valence-corrected chi connectivity index (χ1v) is 9.30. The molecular formula is C23H22N3O3+. The Balaban J connectivity index is 2.10. The lowest BCUT2D eigenvalue weighted by Crippen LogP contribution is -2.37. The Kier molecular flexibility index (Phi) is 4.24. The topological polar surface area (TPSA) is 86.2 Å². The van der Waals surface area contributed by atoms with Gasteiger partial charge in [0.2, 0.25) is 0 Å². The maximum absolute atomic E-state index is 13.0. The van der Waals surface area contributed by atoms with Crippen molar-refractivity contribution in [1.82, 2.24) is 9.64 Å². The van der Waals surface area contributed by atoms with Gasteiger partial charge in [0, 0.05) is 11.6 Å². The monoisotopic (exact) mass is 388 g/mol. The number of quaternary nitrogens is 1. The predicted molar refractivity (Wildman–Crippen MR) is 113 cm³/mol. The number of benzene rings is 2. The molecule has 0 unspecified atom stereocenters. The molecular weight excluding hydrogens is 366 g/mol. The smallest absolute Gasteiger partial charge is 0.290 e. The van der Waals surface area contributed by atoms with Crippen molar-refractivity contribution in [3.05, 3.63) is 71.0 Å². The molecule has 1 aliphatic heterocycles. The Morgan fingerprint density at radius 2 is 1.72 bits per heavy atom. The fourth-order valence-corrected chi connectivity index (χ4v) is 4.07. The van der Waals surface area contributed by atoms with Crippen molar-refractivity contribution in [2.75, 3.05) is 14.1 Å². The molecule has 1 aromatic heterocycles. The van der Waals surface area contributed by atoms with Crippen LogP contribution in [0.2, 0.25) is 0 Å². The van der Waals surface area contributed by atoms with Gasteiger partial charge in [-0.3, -0.25) is 14.1 Å². The number of aryl methyl sites for hydroxylation is 2. The van der Waals surface area contributed by atoms with Gasteiger partial charge in [-0.2, -0.15) is 0 Å². The van der Waals surface area contributed by atoms with Gasteiger partial charge < -0.3 is 10.3 Å². The highest BCUT2D eigenvalue weighted by molar-refractivity contribution is 6.56. The number of rotatable bonds is 4. The third kappa shape index (κ3) is 2.80. The van der Waals surface area contributed by atoms with E-state index in [0.717, 1.165) is 16.8 Å². The maximum Gasteiger partial charge on any atom is 0.290 e. The number of hydrogen-bond donors (Lipinski definition) is 1. The van der Waals surface area contributed by atoms with E-state index < -0.39 is 11.7 Å². The molecule has 0 atom stereocenters. The van der Waals surface area contributed by atoms with Gasteiger partial charge in [0.25, 0.3) is 11.7 Å². The van der Waals surface area contributed by atoms with Crippen LogP contribution in [0.1, 0.15) is 22.5 Å². The largest absolute Gasteiger partial charge is 0.363 e. The first kappa shape index (κ1) is 18.8. The molecule has 0 spiro atoms. The number of amides is 1. The molecule has 4 rings (SSSR count). The summed E-state index contributed by atoms with van der Waals surface area (Å²) < 4.78 is 5.81. The van der Waals surface area contributed by atoms with E-state index in [2.05, 4.69) is 5.16 Å². The highest BCUT2D eigenvalue weighted by Gasteiger charge is 2.46. The quantitative estimate of drug-likeness (QED) is 0.548. The van der Waals surface area contributed by atoms with Crippen molar-refractivity contribution in [2.24, 2.45) is 5.73 Å². The maximum atomic E-state index is 13.0. The molecule has 3 aromatic rings. The molecule has 1 amide bonds. The van der Waals surface area contributed by atoms with E-state index in [4.69, 9.17) is 10.3 Å². The highest BCUT2D eigenvalue weighted by atomic mass is 16.5. The van der Waals surface area contributed by atoms with Crippen LogP contribution in [0.25, 0.3) is 22.5 Å². The average molecular weight is 388 g/mol. The third-order valence-corrected chi connectivity index (χ3v) is 5.42. The second-order valence-corrected chi connectivity index (χ2v) is 7.72. The van der Waals surface area contributed by atoms with E-state index in [1.165, 1.54) is 0 Å². The van der Waals surface area contributed by atoms with Crippen molar-refractivity contribution in [3.8, 4) is 11.3 Å². The summed E-state index contributed by atoms with van der Waals surface area (Å²) in [5.74, 6) is -1.12. The second-order valence-electron chi connectivity index (χ2n) is 7.72. The summed E-state index contributed by atoms with van der Waals surface area (Å²) in [6.07, 6.45) is 0. The predicted octanol–water partition coefficient (Wildman–Crippen LogP) is 3.46. The van der Waals surface area contributed by atoms with Gasteiger partial charge in [0.1, 0.15) is 28.3 Å². The summed E-state index contributed by atoms with van der Waals surface area (Å²) in [7, 11) is 3.96. The molecule has 1 aliphatic rings. The molecule has 0 bridgehead atoms. The number of aromatic nitrogens is 1. The fraction of sp³-hybridized carbons (Fsp3) is 0.174. The molecule has 146 valence electrons. The first-order valence-electron chi connectivity index (χ1n) is 9.30. The minimum Gasteiger partial charge on any atom is -0.363 e. The van der Waals surface area contributed by atoms with Crippen LogP contribution in [0.15, 0.2) is 53.1 Å². The lowest BCUT2D eigenvalue weighted by molar-refractivity contribution is -0.132. The zero-order valence-electron chi connectivity index (χ0n) is 16.8. The molecule has 0 fully saturated rings. The number of nitrogens with two attached hydrogens (primary N) is 1. The molecule has 2 N–H and O–H groups in total. The molecule has 6 heteroatoms. The number of Topliss-reactive ketones (excluding diaryl/α,β-unsaturated/α-hetero) is 1. The van der Waals surface area contributed by atoms with Crippen molar-refractivity contribution >= 4 is 28.6 Å². The minimum atomic E-state index is -0.984. The summed E-state index contributed by atoms with van der Waals surface area (Å²) >= 11 is 0. The zero-order valence-corrected chi connectivity index (χ0v) is 16.8. The van der Waals surface area contributed by atoms with Gasteiger partial charge in [-0.15, -0.1) is 0 Å². The Morgan fingerprint density at radius 3 is 2.38 bits per heavy atom. The van der Waals surface area contributed by atoms with Crippen molar-refractivity contribution in [2.45, 2.75) is 13.8 Å². The zero-order chi connectivity index (χ0) is 20.9. The van der Waals surface area contributed by atoms with Gasteiger partial charge in [0.05, 0.1) is 19.7 Å². The SMILES string of the molecule is Cc1ccc2c(c1)C(C(=O)C(N)=O)=C(c1c(-c3ccccc3)noc1C)[N+]2(C)C. The van der Waals surface area contributed by atoms with Gasteiger partial charge in [-0.25, -0.2) is 0 Å². The van der Waals surface area contributed by atoms with Crippen LogP contribution in [-0.4, -0.2) is 30.9 Å². The van der Waals surface area contributed by atoms with Crippen molar-refractivity contribution in [1.29, 1.82) is 0 Å². The third-order valence-electron chi connectivity index (χ3n) is 5.42. The molecule has 2 aromatic carbocycles. The van der Waals surface area contributed by atoms with Crippen LogP contribution in [0.4, 0.5) is 5.69 Å². The van der Waals surface area contributed by atoms with E-state index >= 15 is 0 Å². The van der Waals surface area contributed by atoms with Crippen molar-refractivity contribution < 1.29 is 14.1 Å². The number of ketones is 1. The standard InChI is InChI=1S/C23H21N3O3/c1-13-10-11-17-16(12-13)19(22(27)23(24)28)21(26(17,3)4)18-14(2)29-25-20(18)15-8-6-5-7-9-15/h5-12H,1-4H3,(H-,24,28)/p+1. The van der Waals surface area contributed by atoms with E-state index in [-0.39, 0.29) is 4.48 Å². The number of primary amides is 1. The minimum absolute atomic E-state index is 0.270. The Hall–Kier alpha value is -3.51. The van der Waals surface area contributed by atoms with E-state index in [1.54, 1.807) is 0 Å². The number of nitrogens with zero attached hydrogens (tertiary/aromatic N) is 2. The summed E-state index contributed by atoms with van der Waals surface area (Å²) in [5, 5.41) is 4.27. The highest BCUT2D eigenvalue weighted by Crippen LogP contribution is 2.50. The van der Waals surface area contributed by atoms with Crippen LogP contribution >= 0.6 is 0 Å². The first-order chi connectivity index (χ1) is 13.7. The second kappa shape index (κ2) is 6.53. The summed E-state index contributed by atoms with van der Waals surface area (Å²) in [4.78, 5) is 24.9. The van der Waals surface area contributed by atoms with Crippen LogP contribution < -0.4 is 10.2 Å². The summed E-state index contributed by atoms with van der Waals surface area (Å²) in [6.45, 7) is 3.76. The van der Waals surface area contributed by atoms with Crippen molar-refractivity contribution in [3.63, 3.8) is 0 Å². The summed E-state index contributed by atoms with van der Waals surface area (Å²) in [6, 6.07) is 15.5. The van der Waals surface area contributed by atoms with Crippen LogP contribution in [0.5, 0.6) is 0 Å². The molecule has 6 nitrogen and oxygen atoms in total. The van der Waals surface area contributed by atoms with Crippen LogP contribution in [0, 0.1) is 13.8 Å². The Labute approximate surface area is 168 Å². The van der Waals surface area contributed by atoms with E-state index in [0.29, 0.717) is 33.9 Å². The summed E-state index contributed by atoms with van der Waals surface area (Å²) in [5.41, 5.74) is 11.2. The molecule has 2 heterocycles. The number of carbonyl (C=O) groups is 2. The van der Waals surface area contributed by atoms with Gasteiger partial charge in [-0.1, -0.05) is 47.1 Å². The van der Waals surface area contributed by atoms with Gasteiger partial charge >= 0.3 is 0 Å². The molecule has 0 aliphatic carbocycles. The Bertz CT molecular complexity index is 1190. The molecule has 0 saturated heterocycles. The Morgan fingerprint density at radius 1 is 1.03 bits per heavy atom. The van der Waals surface area contributed by atoms with E-state index in [9.17, 15) is 9.59 Å². The molecule has 0 saturated carbocycles. The number of carbonyl (C=O) groups excluding carboxylic acids is 2. The lowest BCUT2D eigenvalue weighted by atomic mass is 9.95. The number of hydrogen-bond acceptors (Lipinski definition) is 4.